The molecule has 2 atom stereocenters. The van der Waals surface area contributed by atoms with Gasteiger partial charge in [0.15, 0.2) is 5.11 Å². The molecule has 5 nitrogen and oxygen atoms in total. The molecule has 200 valence electrons. The van der Waals surface area contributed by atoms with E-state index in [0.717, 1.165) is 51.1 Å². The van der Waals surface area contributed by atoms with E-state index in [2.05, 4.69) is 32.8 Å². The van der Waals surface area contributed by atoms with Crippen molar-refractivity contribution in [1.82, 2.24) is 14.9 Å². The van der Waals surface area contributed by atoms with Crippen molar-refractivity contribution in [1.29, 1.82) is 0 Å². The Labute approximate surface area is 238 Å². The molecule has 1 saturated heterocycles. The monoisotopic (exact) mass is 548 g/mol. The number of ether oxygens (including phenoxy) is 1. The molecule has 2 unspecified atom stereocenters. The third-order valence-corrected chi connectivity index (χ3v) is 7.70. The lowest BCUT2D eigenvalue weighted by molar-refractivity contribution is 0.479. The molecule has 1 N–H and O–H groups in total. The summed E-state index contributed by atoms with van der Waals surface area (Å²) in [5, 5.41) is 4.14. The summed E-state index contributed by atoms with van der Waals surface area (Å²) in [7, 11) is 0. The molecule has 1 fully saturated rings. The van der Waals surface area contributed by atoms with Crippen molar-refractivity contribution in [3.63, 3.8) is 0 Å². The lowest BCUT2D eigenvalue weighted by Gasteiger charge is -2.28. The van der Waals surface area contributed by atoms with Crippen LogP contribution in [-0.4, -0.2) is 14.7 Å². The minimum atomic E-state index is -0.267. The second-order valence-corrected chi connectivity index (χ2v) is 10.4. The molecular formula is C33H29FN4OS. The zero-order valence-electron chi connectivity index (χ0n) is 22.5. The molecule has 0 saturated carbocycles. The highest BCUT2D eigenvalue weighted by Crippen LogP contribution is 2.44. The molecule has 5 aromatic rings. The first kappa shape index (κ1) is 25.8. The Morgan fingerprint density at radius 1 is 0.850 bits per heavy atom. The molecule has 2 aromatic heterocycles. The maximum absolute atomic E-state index is 14.2. The van der Waals surface area contributed by atoms with E-state index in [0.29, 0.717) is 5.11 Å². The fourth-order valence-corrected chi connectivity index (χ4v) is 5.87. The largest absolute Gasteiger partial charge is 0.457 e. The Kier molecular flexibility index (Phi) is 6.82. The van der Waals surface area contributed by atoms with Crippen LogP contribution in [0.1, 0.15) is 40.3 Å². The van der Waals surface area contributed by atoms with E-state index in [-0.39, 0.29) is 17.9 Å². The first-order valence-electron chi connectivity index (χ1n) is 13.2. The van der Waals surface area contributed by atoms with E-state index in [1.54, 1.807) is 18.3 Å². The molecule has 0 spiro atoms. The van der Waals surface area contributed by atoms with Crippen LogP contribution in [0.5, 0.6) is 11.5 Å². The summed E-state index contributed by atoms with van der Waals surface area (Å²) in [6.45, 7) is 6.14. The highest BCUT2D eigenvalue weighted by atomic mass is 32.1. The number of aryl methyl sites for hydroxylation is 2. The van der Waals surface area contributed by atoms with Crippen molar-refractivity contribution in [2.24, 2.45) is 0 Å². The molecule has 1 aliphatic heterocycles. The maximum atomic E-state index is 14.2. The maximum Gasteiger partial charge on any atom is 0.174 e. The van der Waals surface area contributed by atoms with Gasteiger partial charge in [0.1, 0.15) is 17.3 Å². The number of nitrogens with one attached hydrogen (secondary N) is 1. The van der Waals surface area contributed by atoms with E-state index < -0.39 is 0 Å². The standard InChI is InChI=1S/C33H29FN4OS/c1-21-9-4-5-13-30(21)39-27-16-14-25(15-17-27)38-32(31(36-33(38)40)29-12-6-7-18-35-29)28-19-22(2)37(23(28)3)26-11-8-10-24(34)20-26/h4-20,31-32H,1-3H3,(H,36,40). The minimum Gasteiger partial charge on any atom is -0.457 e. The molecule has 1 aliphatic rings. The lowest BCUT2D eigenvalue weighted by atomic mass is 9.96. The third-order valence-electron chi connectivity index (χ3n) is 7.39. The Morgan fingerprint density at radius 2 is 1.62 bits per heavy atom. The Hall–Kier alpha value is -4.49. The number of halogens is 1. The van der Waals surface area contributed by atoms with Gasteiger partial charge in [-0.15, -0.1) is 0 Å². The van der Waals surface area contributed by atoms with Gasteiger partial charge in [-0.05, 0) is 111 Å². The van der Waals surface area contributed by atoms with Gasteiger partial charge in [0.2, 0.25) is 0 Å². The Bertz CT molecular complexity index is 1680. The molecule has 0 bridgehead atoms. The van der Waals surface area contributed by atoms with Crippen LogP contribution in [0.2, 0.25) is 0 Å². The van der Waals surface area contributed by atoms with E-state index in [1.807, 2.05) is 86.6 Å². The molecule has 0 aliphatic carbocycles. The first-order chi connectivity index (χ1) is 19.4. The lowest BCUT2D eigenvalue weighted by Crippen LogP contribution is -2.29. The average molecular weight is 549 g/mol. The van der Waals surface area contributed by atoms with E-state index in [1.165, 1.54) is 6.07 Å². The zero-order chi connectivity index (χ0) is 27.8. The van der Waals surface area contributed by atoms with E-state index in [9.17, 15) is 4.39 Å². The summed E-state index contributed by atoms with van der Waals surface area (Å²) in [4.78, 5) is 6.81. The minimum absolute atomic E-state index is 0.181. The van der Waals surface area contributed by atoms with Crippen LogP contribution < -0.4 is 15.0 Å². The fraction of sp³-hybridized carbons (Fsp3) is 0.152. The van der Waals surface area contributed by atoms with Gasteiger partial charge in [0, 0.05) is 29.0 Å². The molecule has 6 rings (SSSR count). The topological polar surface area (TPSA) is 42.3 Å². The third kappa shape index (κ3) is 4.73. The number of aromatic nitrogens is 2. The summed E-state index contributed by atoms with van der Waals surface area (Å²) in [6.07, 6.45) is 1.80. The van der Waals surface area contributed by atoms with Crippen molar-refractivity contribution in [3.8, 4) is 17.2 Å². The van der Waals surface area contributed by atoms with Crippen molar-refractivity contribution >= 4 is 23.0 Å². The van der Waals surface area contributed by atoms with Crippen LogP contribution >= 0.6 is 12.2 Å². The van der Waals surface area contributed by atoms with Gasteiger partial charge < -0.3 is 19.5 Å². The second kappa shape index (κ2) is 10.6. The second-order valence-electron chi connectivity index (χ2n) is 10.00. The van der Waals surface area contributed by atoms with Gasteiger partial charge in [0.25, 0.3) is 0 Å². The van der Waals surface area contributed by atoms with Crippen molar-refractivity contribution < 1.29 is 9.13 Å². The van der Waals surface area contributed by atoms with Crippen molar-refractivity contribution in [3.05, 3.63) is 137 Å². The number of para-hydroxylation sites is 1. The zero-order valence-corrected chi connectivity index (χ0v) is 23.3. The predicted molar refractivity (Wildman–Crippen MR) is 161 cm³/mol. The van der Waals surface area contributed by atoms with Gasteiger partial charge in [-0.2, -0.15) is 0 Å². The average Bonchev–Trinajstić information content (AvgIpc) is 3.45. The normalized spacial score (nSPS) is 16.7. The molecule has 0 radical (unpaired) electrons. The summed E-state index contributed by atoms with van der Waals surface area (Å²) in [5.41, 5.74) is 6.81. The molecule has 0 amide bonds. The molecule has 40 heavy (non-hydrogen) atoms. The van der Waals surface area contributed by atoms with Gasteiger partial charge in [0.05, 0.1) is 17.8 Å². The van der Waals surface area contributed by atoms with Crippen LogP contribution in [0.25, 0.3) is 5.69 Å². The number of nitrogens with zero attached hydrogens (tertiary/aromatic N) is 3. The number of anilines is 1. The van der Waals surface area contributed by atoms with Crippen LogP contribution in [-0.2, 0) is 0 Å². The highest BCUT2D eigenvalue weighted by molar-refractivity contribution is 7.80. The van der Waals surface area contributed by atoms with Gasteiger partial charge >= 0.3 is 0 Å². The molecule has 3 heterocycles. The van der Waals surface area contributed by atoms with Gasteiger partial charge in [-0.25, -0.2) is 4.39 Å². The van der Waals surface area contributed by atoms with E-state index in [4.69, 9.17) is 17.0 Å². The summed E-state index contributed by atoms with van der Waals surface area (Å²) in [5.74, 6) is 1.31. The fourth-order valence-electron chi connectivity index (χ4n) is 5.52. The van der Waals surface area contributed by atoms with Crippen LogP contribution in [0, 0.1) is 26.6 Å². The summed E-state index contributed by atoms with van der Waals surface area (Å²) in [6, 6.07) is 30.3. The number of rotatable bonds is 6. The number of benzene rings is 3. The van der Waals surface area contributed by atoms with Crippen LogP contribution in [0.4, 0.5) is 10.1 Å². The highest BCUT2D eigenvalue weighted by Gasteiger charge is 2.42. The summed E-state index contributed by atoms with van der Waals surface area (Å²) < 4.78 is 22.4. The van der Waals surface area contributed by atoms with Gasteiger partial charge in [-0.1, -0.05) is 30.3 Å². The smallest absolute Gasteiger partial charge is 0.174 e. The van der Waals surface area contributed by atoms with Crippen LogP contribution in [0.3, 0.4) is 0 Å². The molecule has 7 heteroatoms. The number of thiocarbonyl (C=S) groups is 1. The molecular weight excluding hydrogens is 519 g/mol. The number of hydrogen-bond acceptors (Lipinski definition) is 3. The van der Waals surface area contributed by atoms with E-state index >= 15 is 0 Å². The predicted octanol–water partition coefficient (Wildman–Crippen LogP) is 7.91. The molecule has 3 aromatic carbocycles. The van der Waals surface area contributed by atoms with Crippen molar-refractivity contribution in [2.75, 3.05) is 4.90 Å². The Balaban J connectivity index is 1.42. The van der Waals surface area contributed by atoms with Crippen molar-refractivity contribution in [2.45, 2.75) is 32.9 Å². The number of hydrogen-bond donors (Lipinski definition) is 1. The summed E-state index contributed by atoms with van der Waals surface area (Å²) >= 11 is 5.92. The quantitative estimate of drug-likeness (QED) is 0.219. The SMILES string of the molecule is Cc1ccccc1Oc1ccc(N2C(=S)NC(c3ccccn3)C2c2cc(C)n(-c3cccc(F)c3)c2C)cc1. The van der Waals surface area contributed by atoms with Gasteiger partial charge in [-0.3, -0.25) is 4.98 Å². The Morgan fingerprint density at radius 3 is 2.35 bits per heavy atom. The number of pyridine rings is 1. The van der Waals surface area contributed by atoms with Crippen LogP contribution in [0.15, 0.2) is 103 Å². The first-order valence-corrected chi connectivity index (χ1v) is 13.6.